The summed E-state index contributed by atoms with van der Waals surface area (Å²) in [6, 6.07) is 5.06. The Hall–Kier alpha value is -2.74. The summed E-state index contributed by atoms with van der Waals surface area (Å²) in [5.41, 5.74) is 0.740. The minimum Gasteiger partial charge on any atom is -0.376 e. The second-order valence-corrected chi connectivity index (χ2v) is 7.39. The van der Waals surface area contributed by atoms with Crippen molar-refractivity contribution in [2.45, 2.75) is 38.3 Å². The lowest BCUT2D eigenvalue weighted by atomic mass is 10.2. The Labute approximate surface area is 163 Å². The molecule has 0 aromatic carbocycles. The molecule has 0 bridgehead atoms. The molecule has 2 fully saturated rings. The lowest BCUT2D eigenvalue weighted by Gasteiger charge is -2.24. The third-order valence-corrected chi connectivity index (χ3v) is 5.03. The van der Waals surface area contributed by atoms with Gasteiger partial charge in [-0.05, 0) is 43.7 Å². The third-order valence-electron chi connectivity index (χ3n) is 5.03. The van der Waals surface area contributed by atoms with Crippen molar-refractivity contribution in [1.82, 2.24) is 20.4 Å². The van der Waals surface area contributed by atoms with Crippen molar-refractivity contribution in [3.63, 3.8) is 0 Å². The Kier molecular flexibility index (Phi) is 5.66. The molecule has 1 aliphatic heterocycles. The molecule has 1 saturated carbocycles. The van der Waals surface area contributed by atoms with Gasteiger partial charge in [-0.25, -0.2) is 0 Å². The van der Waals surface area contributed by atoms with Gasteiger partial charge in [0.2, 0.25) is 0 Å². The van der Waals surface area contributed by atoms with Crippen LogP contribution in [0.25, 0.3) is 0 Å². The van der Waals surface area contributed by atoms with Crippen molar-refractivity contribution in [3.05, 3.63) is 47.6 Å². The van der Waals surface area contributed by atoms with Crippen LogP contribution in [0, 0.1) is 5.92 Å². The molecule has 1 atom stereocenters. The first-order valence-electron chi connectivity index (χ1n) is 9.74. The van der Waals surface area contributed by atoms with Gasteiger partial charge in [-0.15, -0.1) is 0 Å². The van der Waals surface area contributed by atoms with Gasteiger partial charge in [0.25, 0.3) is 11.8 Å². The van der Waals surface area contributed by atoms with E-state index in [2.05, 4.69) is 15.5 Å². The summed E-state index contributed by atoms with van der Waals surface area (Å²) in [5, 5.41) is 6.73. The first kappa shape index (κ1) is 18.6. The van der Waals surface area contributed by atoms with Crippen molar-refractivity contribution in [2.75, 3.05) is 19.7 Å². The fourth-order valence-electron chi connectivity index (χ4n) is 3.26. The monoisotopic (exact) mass is 384 g/mol. The highest BCUT2D eigenvalue weighted by atomic mass is 16.5. The average Bonchev–Trinajstić information content (AvgIpc) is 3.19. The summed E-state index contributed by atoms with van der Waals surface area (Å²) >= 11 is 0. The van der Waals surface area contributed by atoms with Gasteiger partial charge in [0.05, 0.1) is 18.2 Å². The van der Waals surface area contributed by atoms with E-state index in [1.807, 2.05) is 0 Å². The summed E-state index contributed by atoms with van der Waals surface area (Å²) in [6.45, 7) is 2.06. The van der Waals surface area contributed by atoms with E-state index in [0.29, 0.717) is 36.9 Å². The van der Waals surface area contributed by atoms with E-state index >= 15 is 0 Å². The van der Waals surface area contributed by atoms with Crippen LogP contribution in [-0.4, -0.2) is 52.7 Å². The van der Waals surface area contributed by atoms with Crippen LogP contribution in [0.5, 0.6) is 0 Å². The number of hydrogen-bond acceptors (Lipinski definition) is 6. The minimum atomic E-state index is -0.244. The molecule has 4 rings (SSSR count). The van der Waals surface area contributed by atoms with Crippen LogP contribution >= 0.6 is 0 Å². The molecule has 8 heteroatoms. The summed E-state index contributed by atoms with van der Waals surface area (Å²) in [6.07, 6.45) is 7.42. The number of pyridine rings is 1. The highest BCUT2D eigenvalue weighted by Crippen LogP contribution is 2.27. The van der Waals surface area contributed by atoms with E-state index in [-0.39, 0.29) is 30.2 Å². The second kappa shape index (κ2) is 8.52. The predicted molar refractivity (Wildman–Crippen MR) is 99.5 cm³/mol. The molecule has 28 heavy (non-hydrogen) atoms. The number of nitrogens with one attached hydrogen (secondary N) is 1. The molecule has 8 nitrogen and oxygen atoms in total. The molecule has 0 spiro atoms. The van der Waals surface area contributed by atoms with Gasteiger partial charge in [-0.2, -0.15) is 0 Å². The van der Waals surface area contributed by atoms with Gasteiger partial charge in [-0.1, -0.05) is 5.16 Å². The van der Waals surface area contributed by atoms with Crippen LogP contribution in [0.3, 0.4) is 0 Å². The number of amides is 2. The molecular weight excluding hydrogens is 360 g/mol. The molecule has 2 amide bonds. The van der Waals surface area contributed by atoms with E-state index in [0.717, 1.165) is 12.8 Å². The zero-order valence-corrected chi connectivity index (χ0v) is 15.7. The van der Waals surface area contributed by atoms with E-state index in [9.17, 15) is 9.59 Å². The fourth-order valence-corrected chi connectivity index (χ4v) is 3.26. The van der Waals surface area contributed by atoms with Gasteiger partial charge in [0.1, 0.15) is 0 Å². The maximum Gasteiger partial charge on any atom is 0.273 e. The average molecular weight is 384 g/mol. The molecule has 1 N–H and O–H groups in total. The maximum absolute atomic E-state index is 13.0. The summed E-state index contributed by atoms with van der Waals surface area (Å²) in [5.74, 6) is 0.659. The van der Waals surface area contributed by atoms with Crippen LogP contribution in [0.1, 0.15) is 52.3 Å². The molecule has 2 aromatic heterocycles. The largest absolute Gasteiger partial charge is 0.376 e. The number of ether oxygens (including phenoxy) is 1. The Balaban J connectivity index is 1.43. The van der Waals surface area contributed by atoms with Gasteiger partial charge in [0.15, 0.2) is 11.5 Å². The molecule has 1 saturated heterocycles. The van der Waals surface area contributed by atoms with E-state index in [1.54, 1.807) is 35.5 Å². The van der Waals surface area contributed by atoms with Crippen molar-refractivity contribution in [2.24, 2.45) is 5.92 Å². The van der Waals surface area contributed by atoms with E-state index in [1.165, 1.54) is 12.8 Å². The summed E-state index contributed by atoms with van der Waals surface area (Å²) < 4.78 is 11.0. The molecule has 1 aliphatic carbocycles. The Bertz CT molecular complexity index is 813. The van der Waals surface area contributed by atoms with Crippen LogP contribution in [-0.2, 0) is 11.3 Å². The quantitative estimate of drug-likeness (QED) is 0.748. The Morgan fingerprint density at radius 1 is 1.29 bits per heavy atom. The van der Waals surface area contributed by atoms with Gasteiger partial charge in [0, 0.05) is 38.2 Å². The Morgan fingerprint density at radius 2 is 2.18 bits per heavy atom. The lowest BCUT2D eigenvalue weighted by Crippen LogP contribution is -2.37. The SMILES string of the molecule is O=C(NCC1CC1)c1cc(CN(CC2CCCO2)C(=O)c2cccnc2)on1. The molecule has 3 heterocycles. The van der Waals surface area contributed by atoms with Crippen LogP contribution in [0.2, 0.25) is 0 Å². The molecule has 2 aliphatic rings. The summed E-state index contributed by atoms with van der Waals surface area (Å²) in [4.78, 5) is 30.8. The van der Waals surface area contributed by atoms with E-state index < -0.39 is 0 Å². The van der Waals surface area contributed by atoms with Gasteiger partial charge in [-0.3, -0.25) is 14.6 Å². The first-order valence-corrected chi connectivity index (χ1v) is 9.74. The zero-order chi connectivity index (χ0) is 19.3. The molecule has 2 aromatic rings. The second-order valence-electron chi connectivity index (χ2n) is 7.39. The molecule has 0 radical (unpaired) electrons. The standard InChI is InChI=1S/C20H24N4O4/c25-19(22-10-14-5-6-14)18-9-17(28-23-18)13-24(12-16-4-2-8-27-16)20(26)15-3-1-7-21-11-15/h1,3,7,9,11,14,16H,2,4-6,8,10,12-13H2,(H,22,25). The highest BCUT2D eigenvalue weighted by Gasteiger charge is 2.26. The van der Waals surface area contributed by atoms with Crippen molar-refractivity contribution < 1.29 is 18.8 Å². The highest BCUT2D eigenvalue weighted by molar-refractivity contribution is 5.94. The van der Waals surface area contributed by atoms with Crippen molar-refractivity contribution in [1.29, 1.82) is 0 Å². The molecule has 148 valence electrons. The molecular formula is C20H24N4O4. The van der Waals surface area contributed by atoms with Gasteiger partial charge >= 0.3 is 0 Å². The smallest absolute Gasteiger partial charge is 0.273 e. The zero-order valence-electron chi connectivity index (χ0n) is 15.7. The number of carbonyl (C=O) groups is 2. The van der Waals surface area contributed by atoms with Crippen molar-refractivity contribution in [3.8, 4) is 0 Å². The number of hydrogen-bond donors (Lipinski definition) is 1. The minimum absolute atomic E-state index is 0.00449. The summed E-state index contributed by atoms with van der Waals surface area (Å²) in [7, 11) is 0. The normalized spacial score (nSPS) is 18.8. The number of aromatic nitrogens is 2. The number of rotatable bonds is 8. The van der Waals surface area contributed by atoms with Gasteiger partial charge < -0.3 is 19.5 Å². The van der Waals surface area contributed by atoms with Crippen molar-refractivity contribution >= 4 is 11.8 Å². The maximum atomic E-state index is 13.0. The van der Waals surface area contributed by atoms with Crippen LogP contribution in [0.4, 0.5) is 0 Å². The first-order chi connectivity index (χ1) is 13.7. The van der Waals surface area contributed by atoms with Crippen LogP contribution < -0.4 is 5.32 Å². The lowest BCUT2D eigenvalue weighted by molar-refractivity contribution is 0.0486. The predicted octanol–water partition coefficient (Wildman–Crippen LogP) is 2.03. The topological polar surface area (TPSA) is 97.6 Å². The number of carbonyl (C=O) groups excluding carboxylic acids is 2. The number of nitrogens with zero attached hydrogens (tertiary/aromatic N) is 3. The van der Waals surface area contributed by atoms with E-state index in [4.69, 9.17) is 9.26 Å². The third kappa shape index (κ3) is 4.75. The Morgan fingerprint density at radius 3 is 2.89 bits per heavy atom. The van der Waals surface area contributed by atoms with Crippen LogP contribution in [0.15, 0.2) is 35.1 Å². The fraction of sp³-hybridized carbons (Fsp3) is 0.500. The molecule has 1 unspecified atom stereocenters.